The Hall–Kier alpha value is -0.840. The van der Waals surface area contributed by atoms with Gasteiger partial charge in [0.25, 0.3) is 5.09 Å². The van der Waals surface area contributed by atoms with E-state index in [2.05, 4.69) is 4.84 Å². The fourth-order valence-corrected chi connectivity index (χ4v) is 1.40. The van der Waals surface area contributed by atoms with Crippen molar-refractivity contribution in [3.63, 3.8) is 0 Å². The lowest BCUT2D eigenvalue weighted by atomic mass is 9.94. The lowest BCUT2D eigenvalue weighted by Gasteiger charge is -2.24. The Morgan fingerprint density at radius 3 is 2.82 bits per heavy atom. The van der Waals surface area contributed by atoms with E-state index in [1.807, 2.05) is 0 Å². The maximum Gasteiger partial charge on any atom is 0.294 e. The van der Waals surface area contributed by atoms with E-state index in [1.165, 1.54) is 0 Å². The molecule has 2 N–H and O–H groups in total. The summed E-state index contributed by atoms with van der Waals surface area (Å²) < 4.78 is 0. The summed E-state index contributed by atoms with van der Waals surface area (Å²) in [6.45, 7) is 0. The minimum absolute atomic E-state index is 0.0775. The summed E-state index contributed by atoms with van der Waals surface area (Å²) >= 11 is 0. The van der Waals surface area contributed by atoms with Gasteiger partial charge in [-0.3, -0.25) is 0 Å². The van der Waals surface area contributed by atoms with Gasteiger partial charge < -0.3 is 10.6 Å². The van der Waals surface area contributed by atoms with Gasteiger partial charge in [0.05, 0.1) is 0 Å². The van der Waals surface area contributed by atoms with Crippen LogP contribution < -0.4 is 5.73 Å². The smallest absolute Gasteiger partial charge is 0.294 e. The zero-order chi connectivity index (χ0) is 8.27. The molecule has 1 saturated carbocycles. The van der Waals surface area contributed by atoms with Crippen LogP contribution in [0.5, 0.6) is 0 Å². The molecule has 0 aromatic carbocycles. The van der Waals surface area contributed by atoms with Crippen molar-refractivity contribution in [2.45, 2.75) is 37.8 Å². The van der Waals surface area contributed by atoms with E-state index in [0.29, 0.717) is 6.42 Å². The number of nitrogens with two attached hydrogens (primary N) is 1. The molecule has 5 nitrogen and oxygen atoms in total. The predicted octanol–water partition coefficient (Wildman–Crippen LogP) is 0.465. The van der Waals surface area contributed by atoms with Crippen molar-refractivity contribution in [2.75, 3.05) is 0 Å². The van der Waals surface area contributed by atoms with Gasteiger partial charge in [0, 0.05) is 6.04 Å². The van der Waals surface area contributed by atoms with Crippen molar-refractivity contribution < 1.29 is 9.92 Å². The van der Waals surface area contributed by atoms with Crippen molar-refractivity contribution in [3.8, 4) is 0 Å². The van der Waals surface area contributed by atoms with Crippen LogP contribution in [0.3, 0.4) is 0 Å². The Morgan fingerprint density at radius 2 is 2.27 bits per heavy atom. The van der Waals surface area contributed by atoms with Crippen LogP contribution in [0, 0.1) is 10.1 Å². The fraction of sp³-hybridized carbons (Fsp3) is 1.00. The summed E-state index contributed by atoms with van der Waals surface area (Å²) in [6, 6.07) is 0.0775. The molecule has 0 aromatic heterocycles. The molecule has 0 aromatic rings. The average molecular weight is 160 g/mol. The van der Waals surface area contributed by atoms with Gasteiger partial charge in [-0.05, 0) is 25.7 Å². The van der Waals surface area contributed by atoms with E-state index in [4.69, 9.17) is 5.73 Å². The van der Waals surface area contributed by atoms with Gasteiger partial charge in [-0.1, -0.05) is 0 Å². The Kier molecular flexibility index (Phi) is 2.64. The first kappa shape index (κ1) is 8.26. The minimum atomic E-state index is -0.733. The lowest BCUT2D eigenvalue weighted by Crippen LogP contribution is -2.33. The van der Waals surface area contributed by atoms with Crippen molar-refractivity contribution in [2.24, 2.45) is 5.73 Å². The Morgan fingerprint density at radius 1 is 1.55 bits per heavy atom. The van der Waals surface area contributed by atoms with Gasteiger partial charge in [-0.15, -0.1) is 10.1 Å². The third kappa shape index (κ3) is 2.71. The van der Waals surface area contributed by atoms with Gasteiger partial charge in [0.1, 0.15) is 6.10 Å². The summed E-state index contributed by atoms with van der Waals surface area (Å²) in [5, 5.41) is 9.18. The standard InChI is InChI=1S/C6H12N2O3/c7-5-2-1-3-6(4-5)11-8(9)10/h5-6H,1-4,7H2/t5-,6+/m0/s1. The van der Waals surface area contributed by atoms with E-state index < -0.39 is 5.09 Å². The van der Waals surface area contributed by atoms with E-state index in [0.717, 1.165) is 19.3 Å². The predicted molar refractivity (Wildman–Crippen MR) is 38.3 cm³/mol. The van der Waals surface area contributed by atoms with Crippen LogP contribution in [0.25, 0.3) is 0 Å². The maximum absolute atomic E-state index is 9.92. The fourth-order valence-electron chi connectivity index (χ4n) is 1.40. The molecule has 0 unspecified atom stereocenters. The van der Waals surface area contributed by atoms with E-state index in [-0.39, 0.29) is 12.1 Å². The first-order chi connectivity index (χ1) is 5.18. The van der Waals surface area contributed by atoms with Crippen LogP contribution in [-0.4, -0.2) is 17.2 Å². The maximum atomic E-state index is 9.92. The topological polar surface area (TPSA) is 78.4 Å². The molecule has 0 spiro atoms. The first-order valence-electron chi connectivity index (χ1n) is 3.75. The number of rotatable bonds is 2. The van der Waals surface area contributed by atoms with Crippen molar-refractivity contribution >= 4 is 0 Å². The number of hydrogen-bond donors (Lipinski definition) is 1. The summed E-state index contributed by atoms with van der Waals surface area (Å²) in [6.07, 6.45) is 2.99. The SMILES string of the molecule is N[C@H]1CCC[C@@H](O[N+](=O)[O-])C1. The highest BCUT2D eigenvalue weighted by atomic mass is 17.0. The van der Waals surface area contributed by atoms with E-state index in [9.17, 15) is 10.1 Å². The highest BCUT2D eigenvalue weighted by Crippen LogP contribution is 2.19. The highest BCUT2D eigenvalue weighted by Gasteiger charge is 2.21. The number of nitrogens with zero attached hydrogens (tertiary/aromatic N) is 1. The van der Waals surface area contributed by atoms with Gasteiger partial charge in [-0.25, -0.2) is 0 Å². The Balaban J connectivity index is 2.28. The molecule has 11 heavy (non-hydrogen) atoms. The van der Waals surface area contributed by atoms with Crippen LogP contribution in [0.1, 0.15) is 25.7 Å². The highest BCUT2D eigenvalue weighted by molar-refractivity contribution is 4.74. The Bertz CT molecular complexity index is 151. The monoisotopic (exact) mass is 160 g/mol. The van der Waals surface area contributed by atoms with Crippen molar-refractivity contribution in [1.29, 1.82) is 0 Å². The molecular weight excluding hydrogens is 148 g/mol. The van der Waals surface area contributed by atoms with Crippen LogP contribution in [-0.2, 0) is 4.84 Å². The van der Waals surface area contributed by atoms with Crippen LogP contribution in [0.2, 0.25) is 0 Å². The molecule has 1 aliphatic carbocycles. The van der Waals surface area contributed by atoms with Crippen LogP contribution in [0.15, 0.2) is 0 Å². The molecule has 0 radical (unpaired) electrons. The lowest BCUT2D eigenvalue weighted by molar-refractivity contribution is -0.769. The third-order valence-electron chi connectivity index (χ3n) is 1.90. The summed E-state index contributed by atoms with van der Waals surface area (Å²) in [5.41, 5.74) is 5.60. The Labute approximate surface area is 64.6 Å². The van der Waals surface area contributed by atoms with Crippen LogP contribution in [0.4, 0.5) is 0 Å². The average Bonchev–Trinajstić information content (AvgIpc) is 1.85. The molecule has 1 fully saturated rings. The largest absolute Gasteiger partial charge is 0.328 e. The second-order valence-corrected chi connectivity index (χ2v) is 2.88. The van der Waals surface area contributed by atoms with E-state index in [1.54, 1.807) is 0 Å². The second-order valence-electron chi connectivity index (χ2n) is 2.88. The van der Waals surface area contributed by atoms with Crippen molar-refractivity contribution in [1.82, 2.24) is 0 Å². The molecule has 5 heteroatoms. The molecule has 64 valence electrons. The second kappa shape index (κ2) is 3.52. The molecule has 0 amide bonds. The summed E-state index contributed by atoms with van der Waals surface area (Å²) in [7, 11) is 0. The molecule has 0 aliphatic heterocycles. The normalized spacial score (nSPS) is 31.4. The van der Waals surface area contributed by atoms with Crippen LogP contribution >= 0.6 is 0 Å². The van der Waals surface area contributed by atoms with Gasteiger partial charge >= 0.3 is 0 Å². The first-order valence-corrected chi connectivity index (χ1v) is 3.75. The summed E-state index contributed by atoms with van der Waals surface area (Å²) in [5.74, 6) is 0. The molecule has 1 rings (SSSR count). The molecule has 0 bridgehead atoms. The molecule has 0 heterocycles. The third-order valence-corrected chi connectivity index (χ3v) is 1.90. The minimum Gasteiger partial charge on any atom is -0.328 e. The van der Waals surface area contributed by atoms with Gasteiger partial charge in [-0.2, -0.15) is 0 Å². The van der Waals surface area contributed by atoms with Gasteiger partial charge in [0.15, 0.2) is 0 Å². The molecular formula is C6H12N2O3. The quantitative estimate of drug-likeness (QED) is 0.470. The number of hydrogen-bond acceptors (Lipinski definition) is 4. The summed E-state index contributed by atoms with van der Waals surface area (Å²) in [4.78, 5) is 14.3. The van der Waals surface area contributed by atoms with Gasteiger partial charge in [0.2, 0.25) is 0 Å². The molecule has 2 atom stereocenters. The molecule has 0 saturated heterocycles. The van der Waals surface area contributed by atoms with E-state index >= 15 is 0 Å². The zero-order valence-corrected chi connectivity index (χ0v) is 6.23. The zero-order valence-electron chi connectivity index (χ0n) is 6.23. The van der Waals surface area contributed by atoms with Crippen molar-refractivity contribution in [3.05, 3.63) is 10.1 Å². The molecule has 1 aliphatic rings.